The molecule has 0 radical (unpaired) electrons. The van der Waals surface area contributed by atoms with Crippen molar-refractivity contribution >= 4 is 11.8 Å². The summed E-state index contributed by atoms with van der Waals surface area (Å²) in [6.45, 7) is 2.95. The highest BCUT2D eigenvalue weighted by Gasteiger charge is 2.16. The molecule has 0 amide bonds. The van der Waals surface area contributed by atoms with E-state index in [9.17, 15) is 0 Å². The molecule has 4 heteroatoms. The van der Waals surface area contributed by atoms with Crippen molar-refractivity contribution in [3.63, 3.8) is 0 Å². The zero-order valence-corrected chi connectivity index (χ0v) is 15.4. The number of nitrogens with zero attached hydrogens (tertiary/aromatic N) is 2. The van der Waals surface area contributed by atoms with Crippen molar-refractivity contribution in [3.8, 4) is 0 Å². The zero-order chi connectivity index (χ0) is 17.5. The maximum atomic E-state index is 5.98. The Labute approximate surface area is 151 Å². The van der Waals surface area contributed by atoms with E-state index in [0.29, 0.717) is 18.8 Å². The maximum Gasteiger partial charge on any atom is 0.0720 e. The molecule has 0 bridgehead atoms. The molecule has 1 aliphatic carbocycles. The molecule has 2 aliphatic rings. The Morgan fingerprint density at radius 2 is 1.84 bits per heavy atom. The van der Waals surface area contributed by atoms with Crippen molar-refractivity contribution in [1.29, 1.82) is 0 Å². The first-order valence-electron chi connectivity index (χ1n) is 9.59. The van der Waals surface area contributed by atoms with Crippen LogP contribution in [0.3, 0.4) is 0 Å². The van der Waals surface area contributed by atoms with Crippen LogP contribution in [-0.2, 0) is 11.3 Å². The first-order chi connectivity index (χ1) is 12.2. The molecule has 136 valence electrons. The number of allylic oxidation sites excluding steroid dienone is 1. The minimum atomic E-state index is 0.422. The lowest BCUT2D eigenvalue weighted by atomic mass is 10.0. The van der Waals surface area contributed by atoms with Gasteiger partial charge in [0.1, 0.15) is 0 Å². The fourth-order valence-corrected chi connectivity index (χ4v) is 3.61. The third kappa shape index (κ3) is 5.41. The first kappa shape index (κ1) is 18.2. The van der Waals surface area contributed by atoms with Gasteiger partial charge in [-0.3, -0.25) is 4.99 Å². The van der Waals surface area contributed by atoms with Crippen LogP contribution in [0.4, 0.5) is 0 Å². The van der Waals surface area contributed by atoms with Gasteiger partial charge in [0.25, 0.3) is 0 Å². The van der Waals surface area contributed by atoms with Crippen molar-refractivity contribution < 1.29 is 4.74 Å². The lowest BCUT2D eigenvalue weighted by Gasteiger charge is -2.26. The molecule has 25 heavy (non-hydrogen) atoms. The third-order valence-electron chi connectivity index (χ3n) is 5.37. The molecule has 1 saturated carbocycles. The van der Waals surface area contributed by atoms with Crippen molar-refractivity contribution in [2.45, 2.75) is 57.3 Å². The van der Waals surface area contributed by atoms with Crippen molar-refractivity contribution in [1.82, 2.24) is 4.90 Å². The smallest absolute Gasteiger partial charge is 0.0720 e. The second kappa shape index (κ2) is 9.16. The number of hydrogen-bond donors (Lipinski definition) is 1. The van der Waals surface area contributed by atoms with Crippen LogP contribution in [-0.4, -0.2) is 43.4 Å². The van der Waals surface area contributed by atoms with Crippen LogP contribution >= 0.6 is 0 Å². The van der Waals surface area contributed by atoms with Gasteiger partial charge in [-0.15, -0.1) is 0 Å². The summed E-state index contributed by atoms with van der Waals surface area (Å²) in [6.07, 6.45) is 11.4. The Kier molecular flexibility index (Phi) is 6.65. The monoisotopic (exact) mass is 341 g/mol. The summed E-state index contributed by atoms with van der Waals surface area (Å²) in [6, 6.07) is 8.93. The zero-order valence-electron chi connectivity index (χ0n) is 15.4. The van der Waals surface area contributed by atoms with E-state index in [1.54, 1.807) is 6.20 Å². The molecule has 0 aromatic heterocycles. The second-order valence-corrected chi connectivity index (χ2v) is 7.35. The molecule has 1 heterocycles. The number of hydrogen-bond acceptors (Lipinski definition) is 4. The van der Waals surface area contributed by atoms with Crippen LogP contribution in [0.5, 0.6) is 0 Å². The molecular formula is C21H31N3O. The molecular weight excluding hydrogens is 310 g/mol. The van der Waals surface area contributed by atoms with Crippen molar-refractivity contribution in [2.75, 3.05) is 20.1 Å². The molecule has 1 saturated heterocycles. The molecule has 1 aromatic rings. The summed E-state index contributed by atoms with van der Waals surface area (Å²) >= 11 is 0. The van der Waals surface area contributed by atoms with Crippen LogP contribution in [0, 0.1) is 0 Å². The second-order valence-electron chi connectivity index (χ2n) is 7.35. The van der Waals surface area contributed by atoms with Crippen LogP contribution < -0.4 is 5.73 Å². The van der Waals surface area contributed by atoms with Crippen LogP contribution in [0.1, 0.15) is 49.7 Å². The Morgan fingerprint density at radius 1 is 1.16 bits per heavy atom. The Morgan fingerprint density at radius 3 is 2.48 bits per heavy atom. The topological polar surface area (TPSA) is 50.8 Å². The summed E-state index contributed by atoms with van der Waals surface area (Å²) in [4.78, 5) is 7.11. The summed E-state index contributed by atoms with van der Waals surface area (Å²) in [5, 5.41) is 0. The number of nitrogens with two attached hydrogens (primary N) is 1. The Bertz CT molecular complexity index is 580. The van der Waals surface area contributed by atoms with E-state index < -0.39 is 0 Å². The summed E-state index contributed by atoms with van der Waals surface area (Å²) in [5.41, 5.74) is 9.16. The van der Waals surface area contributed by atoms with Gasteiger partial charge in [-0.25, -0.2) is 0 Å². The minimum absolute atomic E-state index is 0.422. The van der Waals surface area contributed by atoms with Crippen LogP contribution in [0.2, 0.25) is 0 Å². The Hall–Kier alpha value is -1.65. The molecule has 0 unspecified atom stereocenters. The number of benzene rings is 1. The molecule has 2 N–H and O–H groups in total. The largest absolute Gasteiger partial charge is 0.404 e. The summed E-state index contributed by atoms with van der Waals surface area (Å²) < 4.78 is 5.98. The molecule has 2 fully saturated rings. The summed E-state index contributed by atoms with van der Waals surface area (Å²) in [7, 11) is 2.17. The fraction of sp³-hybridized carbons (Fsp3) is 0.571. The van der Waals surface area contributed by atoms with Gasteiger partial charge in [0, 0.05) is 18.0 Å². The van der Waals surface area contributed by atoms with E-state index in [1.807, 2.05) is 6.21 Å². The van der Waals surface area contributed by atoms with E-state index in [4.69, 9.17) is 15.5 Å². The number of rotatable bonds is 6. The highest BCUT2D eigenvalue weighted by atomic mass is 16.5. The summed E-state index contributed by atoms with van der Waals surface area (Å²) in [5.74, 6) is 0. The van der Waals surface area contributed by atoms with E-state index in [0.717, 1.165) is 37.1 Å². The maximum absolute atomic E-state index is 5.98. The van der Waals surface area contributed by atoms with Gasteiger partial charge < -0.3 is 15.4 Å². The SMILES string of the molecule is CN1CCC(N=CC(=CN)c2ccc(COC3CCCC3)cc2)CC1. The molecule has 0 spiro atoms. The Balaban J connectivity index is 1.53. The number of ether oxygens (including phenoxy) is 1. The average molecular weight is 341 g/mol. The predicted molar refractivity (Wildman–Crippen MR) is 105 cm³/mol. The number of piperidine rings is 1. The third-order valence-corrected chi connectivity index (χ3v) is 5.37. The highest BCUT2D eigenvalue weighted by Crippen LogP contribution is 2.22. The van der Waals surface area contributed by atoms with Crippen LogP contribution in [0.25, 0.3) is 5.57 Å². The quantitative estimate of drug-likeness (QED) is 0.804. The van der Waals surface area contributed by atoms with E-state index in [-0.39, 0.29) is 0 Å². The normalized spacial score (nSPS) is 21.4. The standard InChI is InChI=1S/C21H31N3O/c1-24-12-10-20(11-13-24)23-15-19(14-22)18-8-6-17(7-9-18)16-25-21-4-2-3-5-21/h6-9,14-15,20-21H,2-5,10-13,16,22H2,1H3. The molecule has 3 rings (SSSR count). The van der Waals surface area contributed by atoms with Crippen LogP contribution in [0.15, 0.2) is 35.5 Å². The fourth-order valence-electron chi connectivity index (χ4n) is 3.61. The van der Waals surface area contributed by atoms with Gasteiger partial charge in [-0.1, -0.05) is 37.1 Å². The highest BCUT2D eigenvalue weighted by molar-refractivity contribution is 6.09. The van der Waals surface area contributed by atoms with E-state index >= 15 is 0 Å². The lowest BCUT2D eigenvalue weighted by Crippen LogP contribution is -2.32. The van der Waals surface area contributed by atoms with Gasteiger partial charge in [0.2, 0.25) is 0 Å². The minimum Gasteiger partial charge on any atom is -0.404 e. The molecule has 1 aliphatic heterocycles. The van der Waals surface area contributed by atoms with Gasteiger partial charge in [0.05, 0.1) is 18.8 Å². The number of aliphatic imine (C=N–C) groups is 1. The van der Waals surface area contributed by atoms with Gasteiger partial charge in [-0.05, 0) is 56.9 Å². The number of likely N-dealkylation sites (tertiary alicyclic amines) is 1. The predicted octanol–water partition coefficient (Wildman–Crippen LogP) is 3.61. The average Bonchev–Trinajstić information content (AvgIpc) is 3.16. The molecule has 0 atom stereocenters. The van der Waals surface area contributed by atoms with Crippen molar-refractivity contribution in [2.24, 2.45) is 10.7 Å². The van der Waals surface area contributed by atoms with E-state index in [2.05, 4.69) is 36.2 Å². The van der Waals surface area contributed by atoms with E-state index in [1.165, 1.54) is 31.2 Å². The van der Waals surface area contributed by atoms with Gasteiger partial charge in [-0.2, -0.15) is 0 Å². The van der Waals surface area contributed by atoms with Gasteiger partial charge in [0.15, 0.2) is 0 Å². The lowest BCUT2D eigenvalue weighted by molar-refractivity contribution is 0.0457. The first-order valence-corrected chi connectivity index (χ1v) is 9.59. The van der Waals surface area contributed by atoms with Gasteiger partial charge >= 0.3 is 0 Å². The van der Waals surface area contributed by atoms with Crippen molar-refractivity contribution in [3.05, 3.63) is 41.6 Å². The molecule has 1 aromatic carbocycles. The molecule has 4 nitrogen and oxygen atoms in total.